The molecule has 0 spiro atoms. The smallest absolute Gasteiger partial charge is 0.209 e. The predicted octanol–water partition coefficient (Wildman–Crippen LogP) is -0.155. The topological polar surface area (TPSA) is 40.5 Å². The van der Waals surface area contributed by atoms with Crippen LogP contribution < -0.4 is 0 Å². The van der Waals surface area contributed by atoms with E-state index in [0.29, 0.717) is 5.92 Å². The molecule has 3 nitrogen and oxygen atoms in total. The van der Waals surface area contributed by atoms with Gasteiger partial charge in [0, 0.05) is 13.6 Å². The molecule has 58 valence electrons. The van der Waals surface area contributed by atoms with Gasteiger partial charge in [0.15, 0.2) is 0 Å². The lowest BCUT2D eigenvalue weighted by Gasteiger charge is -2.33. The van der Waals surface area contributed by atoms with Gasteiger partial charge in [0.2, 0.25) is 6.41 Å². The van der Waals surface area contributed by atoms with E-state index in [4.69, 9.17) is 5.11 Å². The molecule has 1 rings (SSSR count). The van der Waals surface area contributed by atoms with E-state index in [2.05, 4.69) is 0 Å². The Morgan fingerprint density at radius 3 is 2.70 bits per heavy atom. The third kappa shape index (κ3) is 1.70. The predicted molar refractivity (Wildman–Crippen MR) is 37.4 cm³/mol. The summed E-state index contributed by atoms with van der Waals surface area (Å²) in [5, 5.41) is 8.90. The van der Waals surface area contributed by atoms with E-state index in [1.54, 1.807) is 11.9 Å². The van der Waals surface area contributed by atoms with Gasteiger partial charge in [-0.25, -0.2) is 0 Å². The molecule has 0 aliphatic heterocycles. The summed E-state index contributed by atoms with van der Waals surface area (Å²) in [5.41, 5.74) is 0. The maximum Gasteiger partial charge on any atom is 0.209 e. The van der Waals surface area contributed by atoms with Gasteiger partial charge >= 0.3 is 0 Å². The van der Waals surface area contributed by atoms with Crippen molar-refractivity contribution in [3.05, 3.63) is 0 Å². The van der Waals surface area contributed by atoms with Crippen molar-refractivity contribution >= 4 is 6.41 Å². The second-order valence-electron chi connectivity index (χ2n) is 3.04. The molecule has 0 saturated heterocycles. The van der Waals surface area contributed by atoms with E-state index in [0.717, 1.165) is 25.8 Å². The molecule has 3 heteroatoms. The molecule has 10 heavy (non-hydrogen) atoms. The second kappa shape index (κ2) is 3.01. The minimum Gasteiger partial charge on any atom is -0.393 e. The first kappa shape index (κ1) is 7.54. The number of carbonyl (C=O) groups is 1. The van der Waals surface area contributed by atoms with Crippen LogP contribution in [-0.2, 0) is 4.79 Å². The fraction of sp³-hybridized carbons (Fsp3) is 0.857. The maximum absolute atomic E-state index is 10.1. The Kier molecular flexibility index (Phi) is 2.27. The Bertz CT molecular complexity index is 121. The zero-order valence-electron chi connectivity index (χ0n) is 6.16. The molecule has 1 fully saturated rings. The second-order valence-corrected chi connectivity index (χ2v) is 3.04. The van der Waals surface area contributed by atoms with Crippen molar-refractivity contribution < 1.29 is 9.90 Å². The number of aliphatic hydroxyl groups excluding tert-OH is 1. The Hall–Kier alpha value is -0.570. The van der Waals surface area contributed by atoms with E-state index < -0.39 is 0 Å². The van der Waals surface area contributed by atoms with Crippen molar-refractivity contribution in [2.75, 3.05) is 13.6 Å². The molecule has 0 heterocycles. The highest BCUT2D eigenvalue weighted by Crippen LogP contribution is 2.27. The summed E-state index contributed by atoms with van der Waals surface area (Å²) in [4.78, 5) is 11.7. The molecular weight excluding hydrogens is 130 g/mol. The van der Waals surface area contributed by atoms with Crippen LogP contribution in [0.5, 0.6) is 0 Å². The highest BCUT2D eigenvalue weighted by atomic mass is 16.3. The van der Waals surface area contributed by atoms with Crippen molar-refractivity contribution in [3.63, 3.8) is 0 Å². The third-order valence-electron chi connectivity index (χ3n) is 1.94. The Morgan fingerprint density at radius 2 is 2.30 bits per heavy atom. The van der Waals surface area contributed by atoms with Gasteiger partial charge in [-0.2, -0.15) is 0 Å². The molecule has 0 aromatic heterocycles. The zero-order chi connectivity index (χ0) is 7.56. The van der Waals surface area contributed by atoms with Gasteiger partial charge in [-0.1, -0.05) is 0 Å². The molecule has 0 aromatic carbocycles. The number of aliphatic hydroxyl groups is 1. The molecule has 0 atom stereocenters. The number of nitrogens with zero attached hydrogens (tertiary/aromatic N) is 1. The fourth-order valence-corrected chi connectivity index (χ4v) is 1.30. The van der Waals surface area contributed by atoms with Crippen molar-refractivity contribution in [2.45, 2.75) is 18.9 Å². The van der Waals surface area contributed by atoms with E-state index in [1.807, 2.05) is 0 Å². The van der Waals surface area contributed by atoms with E-state index in [9.17, 15) is 4.79 Å². The highest BCUT2D eigenvalue weighted by Gasteiger charge is 2.27. The molecule has 1 aliphatic rings. The summed E-state index contributed by atoms with van der Waals surface area (Å²) in [7, 11) is 1.76. The summed E-state index contributed by atoms with van der Waals surface area (Å²) < 4.78 is 0. The summed E-state index contributed by atoms with van der Waals surface area (Å²) in [6.07, 6.45) is 2.44. The first-order valence-electron chi connectivity index (χ1n) is 3.56. The Balaban J connectivity index is 2.10. The lowest BCUT2D eigenvalue weighted by Crippen LogP contribution is -2.36. The lowest BCUT2D eigenvalue weighted by molar-refractivity contribution is -0.118. The first-order valence-corrected chi connectivity index (χ1v) is 3.56. The summed E-state index contributed by atoms with van der Waals surface area (Å²) >= 11 is 0. The van der Waals surface area contributed by atoms with Crippen LogP contribution in [0.3, 0.4) is 0 Å². The monoisotopic (exact) mass is 143 g/mol. The van der Waals surface area contributed by atoms with E-state index in [1.165, 1.54) is 0 Å². The van der Waals surface area contributed by atoms with Crippen LogP contribution in [0.4, 0.5) is 0 Å². The number of rotatable bonds is 3. The quantitative estimate of drug-likeness (QED) is 0.558. The maximum atomic E-state index is 10.1. The lowest BCUT2D eigenvalue weighted by atomic mass is 9.82. The summed E-state index contributed by atoms with van der Waals surface area (Å²) in [5.74, 6) is 0.533. The number of carbonyl (C=O) groups excluding carboxylic acids is 1. The average molecular weight is 143 g/mol. The van der Waals surface area contributed by atoms with Crippen molar-refractivity contribution in [2.24, 2.45) is 5.92 Å². The van der Waals surface area contributed by atoms with Gasteiger partial charge in [-0.3, -0.25) is 4.79 Å². The molecule has 1 N–H and O–H groups in total. The van der Waals surface area contributed by atoms with Crippen LogP contribution in [0.15, 0.2) is 0 Å². The van der Waals surface area contributed by atoms with Crippen molar-refractivity contribution in [3.8, 4) is 0 Å². The first-order chi connectivity index (χ1) is 4.72. The number of hydrogen-bond donors (Lipinski definition) is 1. The standard InChI is InChI=1S/C7H13NO2/c1-8(5-9)4-6-2-7(10)3-6/h5-7,10H,2-4H2,1H3. The van der Waals surface area contributed by atoms with Crippen LogP contribution in [0.2, 0.25) is 0 Å². The third-order valence-corrected chi connectivity index (χ3v) is 1.94. The molecule has 1 aliphatic carbocycles. The molecule has 0 unspecified atom stereocenters. The van der Waals surface area contributed by atoms with Crippen LogP contribution in [0.25, 0.3) is 0 Å². The van der Waals surface area contributed by atoms with Crippen molar-refractivity contribution in [1.29, 1.82) is 0 Å². The summed E-state index contributed by atoms with van der Waals surface area (Å²) in [6, 6.07) is 0. The molecule has 0 aromatic rings. The molecule has 0 bridgehead atoms. The Labute approximate surface area is 60.6 Å². The van der Waals surface area contributed by atoms with Crippen LogP contribution >= 0.6 is 0 Å². The van der Waals surface area contributed by atoms with Crippen LogP contribution in [0, 0.1) is 5.92 Å². The minimum absolute atomic E-state index is 0.106. The molecule has 0 radical (unpaired) electrons. The number of amides is 1. The largest absolute Gasteiger partial charge is 0.393 e. The highest BCUT2D eigenvalue weighted by molar-refractivity contribution is 5.46. The molecule has 1 saturated carbocycles. The van der Waals surface area contributed by atoms with Gasteiger partial charge in [-0.15, -0.1) is 0 Å². The van der Waals surface area contributed by atoms with E-state index in [-0.39, 0.29) is 6.10 Å². The fourth-order valence-electron chi connectivity index (χ4n) is 1.30. The Morgan fingerprint density at radius 1 is 1.70 bits per heavy atom. The van der Waals surface area contributed by atoms with Crippen LogP contribution in [-0.4, -0.2) is 36.1 Å². The zero-order valence-corrected chi connectivity index (χ0v) is 6.16. The van der Waals surface area contributed by atoms with Gasteiger partial charge in [0.1, 0.15) is 0 Å². The van der Waals surface area contributed by atoms with Crippen molar-refractivity contribution in [1.82, 2.24) is 4.90 Å². The SMILES string of the molecule is CN(C=O)CC1CC(O)C1. The summed E-state index contributed by atoms with van der Waals surface area (Å²) in [6.45, 7) is 0.792. The molecular formula is C7H13NO2. The number of hydrogen-bond acceptors (Lipinski definition) is 2. The van der Waals surface area contributed by atoms with Gasteiger partial charge in [0.25, 0.3) is 0 Å². The van der Waals surface area contributed by atoms with Gasteiger partial charge in [0.05, 0.1) is 6.10 Å². The van der Waals surface area contributed by atoms with Gasteiger partial charge in [-0.05, 0) is 18.8 Å². The van der Waals surface area contributed by atoms with E-state index >= 15 is 0 Å². The van der Waals surface area contributed by atoms with Gasteiger partial charge < -0.3 is 10.0 Å². The van der Waals surface area contributed by atoms with Crippen LogP contribution in [0.1, 0.15) is 12.8 Å². The minimum atomic E-state index is -0.106. The molecule has 1 amide bonds. The normalized spacial score (nSPS) is 31.0. The average Bonchev–Trinajstić information content (AvgIpc) is 1.84.